The maximum Gasteiger partial charge on any atom is 0.255 e. The van der Waals surface area contributed by atoms with Crippen LogP contribution >= 0.6 is 0 Å². The van der Waals surface area contributed by atoms with E-state index < -0.39 is 5.82 Å². The average molecular weight is 526 g/mol. The Balaban J connectivity index is 1.14. The Kier molecular flexibility index (Phi) is 6.68. The van der Waals surface area contributed by atoms with Crippen molar-refractivity contribution in [2.24, 2.45) is 0 Å². The lowest BCUT2D eigenvalue weighted by molar-refractivity contribution is 0.102. The summed E-state index contributed by atoms with van der Waals surface area (Å²) in [6.45, 7) is 5.45. The molecule has 0 unspecified atom stereocenters. The van der Waals surface area contributed by atoms with Crippen LogP contribution < -0.4 is 10.7 Å². The van der Waals surface area contributed by atoms with Crippen LogP contribution in [0.4, 0.5) is 10.1 Å². The molecule has 2 aromatic heterocycles. The van der Waals surface area contributed by atoms with Crippen LogP contribution in [-0.2, 0) is 6.42 Å². The number of benzene rings is 3. The molecule has 1 amide bonds. The van der Waals surface area contributed by atoms with E-state index in [0.717, 1.165) is 50.9 Å². The maximum absolute atomic E-state index is 13.7. The lowest BCUT2D eigenvalue weighted by Gasteiger charge is -2.32. The van der Waals surface area contributed by atoms with Gasteiger partial charge in [0.2, 0.25) is 5.43 Å². The molecule has 5 aromatic rings. The van der Waals surface area contributed by atoms with Gasteiger partial charge in [0.15, 0.2) is 0 Å². The number of carbonyl (C=O) groups is 1. The van der Waals surface area contributed by atoms with Gasteiger partial charge in [0, 0.05) is 44.0 Å². The van der Waals surface area contributed by atoms with Gasteiger partial charge in [-0.3, -0.25) is 9.59 Å². The van der Waals surface area contributed by atoms with Gasteiger partial charge < -0.3 is 24.5 Å². The molecule has 0 radical (unpaired) electrons. The first kappa shape index (κ1) is 25.0. The molecule has 2 N–H and O–H groups in total. The van der Waals surface area contributed by atoms with Crippen LogP contribution in [0.5, 0.6) is 0 Å². The minimum Gasteiger partial charge on any atom is -0.463 e. The Morgan fingerprint density at radius 1 is 1.05 bits per heavy atom. The molecule has 39 heavy (non-hydrogen) atoms. The van der Waals surface area contributed by atoms with Crippen molar-refractivity contribution in [3.05, 3.63) is 94.1 Å². The van der Waals surface area contributed by atoms with E-state index in [1.54, 1.807) is 18.2 Å². The number of aromatic amines is 1. The highest BCUT2D eigenvalue weighted by atomic mass is 19.1. The van der Waals surface area contributed by atoms with Crippen molar-refractivity contribution in [3.63, 3.8) is 0 Å². The van der Waals surface area contributed by atoms with Crippen LogP contribution in [0.15, 0.2) is 76.1 Å². The zero-order valence-electron chi connectivity index (χ0n) is 21.5. The van der Waals surface area contributed by atoms with Gasteiger partial charge in [0.1, 0.15) is 29.1 Å². The van der Waals surface area contributed by atoms with E-state index in [2.05, 4.69) is 44.3 Å². The number of nitrogens with zero attached hydrogens (tertiary/aromatic N) is 3. The lowest BCUT2D eigenvalue weighted by atomic mass is 10.1. The summed E-state index contributed by atoms with van der Waals surface area (Å²) in [5.41, 5.74) is 3.67. The number of hydrogen-bond acceptors (Lipinski definition) is 6. The summed E-state index contributed by atoms with van der Waals surface area (Å²) in [4.78, 5) is 38.3. The van der Waals surface area contributed by atoms with Crippen molar-refractivity contribution < 1.29 is 13.6 Å². The minimum atomic E-state index is -0.521. The SMILES string of the molecule is CN1CCN(CCc2ccc(NC(=O)c3ccc4nc(-c5coc6ccc(F)cc6c5=O)[nH]c4c3)cc2)CC1. The van der Waals surface area contributed by atoms with E-state index in [0.29, 0.717) is 22.2 Å². The molecule has 1 fully saturated rings. The molecular formula is C30H28FN5O3. The Morgan fingerprint density at radius 3 is 2.64 bits per heavy atom. The molecule has 8 nitrogen and oxygen atoms in total. The van der Waals surface area contributed by atoms with Crippen molar-refractivity contribution in [1.29, 1.82) is 0 Å². The third-order valence-corrected chi connectivity index (χ3v) is 7.26. The van der Waals surface area contributed by atoms with Gasteiger partial charge in [-0.25, -0.2) is 9.37 Å². The molecule has 6 rings (SSSR count). The minimum absolute atomic E-state index is 0.137. The van der Waals surface area contributed by atoms with Gasteiger partial charge in [0.05, 0.1) is 16.4 Å². The Hall–Kier alpha value is -4.34. The standard InChI is InChI=1S/C30H28FN5O3/c1-35-12-14-36(15-13-35)11-10-19-2-6-22(7-3-19)32-30(38)20-4-8-25-26(16-20)34-29(33-25)24-18-39-27-9-5-21(31)17-23(27)28(24)37/h2-9,16-18H,10-15H2,1H3,(H,32,38)(H,33,34). The first-order valence-electron chi connectivity index (χ1n) is 13.0. The summed E-state index contributed by atoms with van der Waals surface area (Å²) in [7, 11) is 2.16. The van der Waals surface area contributed by atoms with Crippen LogP contribution in [0.2, 0.25) is 0 Å². The first-order valence-corrected chi connectivity index (χ1v) is 13.0. The van der Waals surface area contributed by atoms with Crippen LogP contribution in [-0.4, -0.2) is 65.4 Å². The summed E-state index contributed by atoms with van der Waals surface area (Å²) < 4.78 is 19.2. The number of anilines is 1. The van der Waals surface area contributed by atoms with E-state index in [4.69, 9.17) is 4.42 Å². The molecule has 0 saturated carbocycles. The van der Waals surface area contributed by atoms with E-state index >= 15 is 0 Å². The number of hydrogen-bond donors (Lipinski definition) is 2. The Bertz CT molecular complexity index is 1720. The molecule has 1 aliphatic heterocycles. The number of fused-ring (bicyclic) bond motifs is 2. The van der Waals surface area contributed by atoms with E-state index in [1.807, 2.05) is 12.1 Å². The fourth-order valence-corrected chi connectivity index (χ4v) is 4.86. The molecule has 1 saturated heterocycles. The van der Waals surface area contributed by atoms with E-state index in [1.165, 1.54) is 24.0 Å². The highest BCUT2D eigenvalue weighted by Gasteiger charge is 2.16. The number of likely N-dealkylation sites (N-methyl/N-ethyl adjacent to an activating group) is 1. The second-order valence-electron chi connectivity index (χ2n) is 9.98. The van der Waals surface area contributed by atoms with Crippen molar-refractivity contribution in [2.75, 3.05) is 45.1 Å². The predicted molar refractivity (Wildman–Crippen MR) is 150 cm³/mol. The zero-order valence-corrected chi connectivity index (χ0v) is 21.5. The van der Waals surface area contributed by atoms with Crippen LogP contribution in [0, 0.1) is 5.82 Å². The summed E-state index contributed by atoms with van der Waals surface area (Å²) in [5, 5.41) is 3.08. The smallest absolute Gasteiger partial charge is 0.255 e. The van der Waals surface area contributed by atoms with Gasteiger partial charge in [-0.2, -0.15) is 0 Å². The average Bonchev–Trinajstić information content (AvgIpc) is 3.37. The lowest BCUT2D eigenvalue weighted by Crippen LogP contribution is -2.45. The molecule has 0 aliphatic carbocycles. The van der Waals surface area contributed by atoms with Gasteiger partial charge in [0.25, 0.3) is 5.91 Å². The predicted octanol–water partition coefficient (Wildman–Crippen LogP) is 4.52. The third-order valence-electron chi connectivity index (χ3n) is 7.26. The number of imidazole rings is 1. The molecule has 1 aliphatic rings. The second kappa shape index (κ2) is 10.4. The summed E-state index contributed by atoms with van der Waals surface area (Å²) in [6, 6.07) is 16.8. The number of halogens is 1. The monoisotopic (exact) mass is 525 g/mol. The largest absolute Gasteiger partial charge is 0.463 e. The Morgan fingerprint density at radius 2 is 1.85 bits per heavy atom. The van der Waals surface area contributed by atoms with Crippen LogP contribution in [0.25, 0.3) is 33.4 Å². The number of rotatable bonds is 6. The highest BCUT2D eigenvalue weighted by molar-refractivity contribution is 6.06. The normalized spacial score (nSPS) is 14.7. The number of piperazine rings is 1. The quantitative estimate of drug-likeness (QED) is 0.339. The molecule has 3 aromatic carbocycles. The zero-order chi connectivity index (χ0) is 26.9. The van der Waals surface area contributed by atoms with Gasteiger partial charge >= 0.3 is 0 Å². The molecule has 9 heteroatoms. The fourth-order valence-electron chi connectivity index (χ4n) is 4.86. The third kappa shape index (κ3) is 5.32. The topological polar surface area (TPSA) is 94.5 Å². The molecular weight excluding hydrogens is 497 g/mol. The number of H-pyrrole nitrogens is 1. The fraction of sp³-hybridized carbons (Fsp3) is 0.233. The summed E-state index contributed by atoms with van der Waals surface area (Å²) in [5.74, 6) is -0.485. The van der Waals surface area contributed by atoms with Gasteiger partial charge in [-0.1, -0.05) is 12.1 Å². The van der Waals surface area contributed by atoms with Crippen molar-refractivity contribution in [2.45, 2.75) is 6.42 Å². The number of amides is 1. The van der Waals surface area contributed by atoms with Gasteiger partial charge in [-0.05, 0) is 67.6 Å². The van der Waals surface area contributed by atoms with Gasteiger partial charge in [-0.15, -0.1) is 0 Å². The van der Waals surface area contributed by atoms with Crippen LogP contribution in [0.3, 0.4) is 0 Å². The highest BCUT2D eigenvalue weighted by Crippen LogP contribution is 2.23. The number of aromatic nitrogens is 2. The van der Waals surface area contributed by atoms with Crippen molar-refractivity contribution in [3.8, 4) is 11.4 Å². The van der Waals surface area contributed by atoms with Crippen molar-refractivity contribution >= 4 is 33.6 Å². The maximum atomic E-state index is 13.7. The summed E-state index contributed by atoms with van der Waals surface area (Å²) >= 11 is 0. The molecule has 0 bridgehead atoms. The molecule has 0 atom stereocenters. The molecule has 0 spiro atoms. The Labute approximate surface area is 224 Å². The number of nitrogens with one attached hydrogen (secondary N) is 2. The van der Waals surface area contributed by atoms with E-state index in [-0.39, 0.29) is 28.1 Å². The first-order chi connectivity index (χ1) is 18.9. The summed E-state index contributed by atoms with van der Waals surface area (Å²) in [6.07, 6.45) is 2.28. The van der Waals surface area contributed by atoms with Crippen molar-refractivity contribution in [1.82, 2.24) is 19.8 Å². The van der Waals surface area contributed by atoms with Crippen LogP contribution in [0.1, 0.15) is 15.9 Å². The molecule has 198 valence electrons. The number of carbonyl (C=O) groups excluding carboxylic acids is 1. The van der Waals surface area contributed by atoms with E-state index in [9.17, 15) is 14.0 Å². The molecule has 3 heterocycles. The second-order valence-corrected chi connectivity index (χ2v) is 9.98.